The Balaban J connectivity index is 1.78. The van der Waals surface area contributed by atoms with Crippen LogP contribution in [0.3, 0.4) is 0 Å². The number of hydrogen-bond acceptors (Lipinski definition) is 5. The van der Waals surface area contributed by atoms with Gasteiger partial charge in [-0.3, -0.25) is 14.2 Å². The third kappa shape index (κ3) is 4.69. The Morgan fingerprint density at radius 1 is 1.41 bits per heavy atom. The second-order valence-electron chi connectivity index (χ2n) is 5.80. The number of thioether (sulfide) groups is 1. The largest absolute Gasteiger partial charge is 0.324 e. The first-order valence-electron chi connectivity index (χ1n) is 8.35. The average molecular weight is 426 g/mol. The fourth-order valence-electron chi connectivity index (χ4n) is 2.46. The number of rotatable bonds is 7. The number of nitrogens with one attached hydrogen (secondary N) is 1. The van der Waals surface area contributed by atoms with Crippen molar-refractivity contribution >= 4 is 56.5 Å². The molecule has 2 aromatic heterocycles. The van der Waals surface area contributed by atoms with Crippen molar-refractivity contribution in [3.05, 3.63) is 50.8 Å². The number of carbonyl (C=O) groups excluding carboxylic acids is 1. The number of thiophene rings is 1. The molecule has 27 heavy (non-hydrogen) atoms. The molecule has 0 radical (unpaired) electrons. The topological polar surface area (TPSA) is 64.0 Å². The van der Waals surface area contributed by atoms with Crippen molar-refractivity contribution in [2.45, 2.75) is 31.5 Å². The van der Waals surface area contributed by atoms with Crippen LogP contribution in [0.1, 0.15) is 19.8 Å². The minimum Gasteiger partial charge on any atom is -0.324 e. The first kappa shape index (κ1) is 19.9. The Morgan fingerprint density at radius 3 is 3.00 bits per heavy atom. The number of nitrogens with zero attached hydrogens (tertiary/aromatic N) is 2. The minimum absolute atomic E-state index is 0.0288. The van der Waals surface area contributed by atoms with E-state index in [1.54, 1.807) is 10.6 Å². The van der Waals surface area contributed by atoms with Crippen LogP contribution in [0.15, 0.2) is 39.6 Å². The maximum Gasteiger partial charge on any atom is 0.272 e. The molecule has 0 saturated heterocycles. The summed E-state index contributed by atoms with van der Waals surface area (Å²) in [6.45, 7) is 2.60. The van der Waals surface area contributed by atoms with Gasteiger partial charge in [0, 0.05) is 6.54 Å². The summed E-state index contributed by atoms with van der Waals surface area (Å²) in [6, 6.07) is 5.56. The van der Waals surface area contributed by atoms with Crippen LogP contribution in [0, 0.1) is 5.82 Å². The van der Waals surface area contributed by atoms with Crippen LogP contribution in [-0.4, -0.2) is 21.2 Å². The fourth-order valence-corrected chi connectivity index (χ4v) is 4.23. The molecule has 0 unspecified atom stereocenters. The molecule has 142 valence electrons. The highest BCUT2D eigenvalue weighted by Gasteiger charge is 2.14. The Labute approximate surface area is 168 Å². The summed E-state index contributed by atoms with van der Waals surface area (Å²) in [5.74, 6) is -0.810. The van der Waals surface area contributed by atoms with Gasteiger partial charge in [-0.25, -0.2) is 9.37 Å². The molecular formula is C18H17ClFN3O2S2. The number of aromatic nitrogens is 2. The van der Waals surface area contributed by atoms with Crippen molar-refractivity contribution < 1.29 is 9.18 Å². The molecule has 0 aliphatic heterocycles. The van der Waals surface area contributed by atoms with Crippen molar-refractivity contribution in [1.29, 1.82) is 0 Å². The van der Waals surface area contributed by atoms with Gasteiger partial charge >= 0.3 is 0 Å². The molecule has 3 rings (SSSR count). The lowest BCUT2D eigenvalue weighted by Crippen LogP contribution is -2.23. The Hall–Kier alpha value is -1.90. The zero-order chi connectivity index (χ0) is 19.4. The number of fused-ring (bicyclic) bond motifs is 1. The predicted octanol–water partition coefficient (Wildman–Crippen LogP) is 4.78. The molecule has 0 fully saturated rings. The predicted molar refractivity (Wildman–Crippen MR) is 110 cm³/mol. The van der Waals surface area contributed by atoms with E-state index in [2.05, 4.69) is 10.3 Å². The van der Waals surface area contributed by atoms with Crippen molar-refractivity contribution in [3.63, 3.8) is 0 Å². The molecule has 3 aromatic rings. The number of anilines is 1. The van der Waals surface area contributed by atoms with E-state index in [4.69, 9.17) is 11.6 Å². The summed E-state index contributed by atoms with van der Waals surface area (Å²) >= 11 is 8.51. The van der Waals surface area contributed by atoms with Crippen LogP contribution >= 0.6 is 34.7 Å². The van der Waals surface area contributed by atoms with Gasteiger partial charge in [0.1, 0.15) is 10.5 Å². The Morgan fingerprint density at radius 2 is 2.22 bits per heavy atom. The molecule has 0 spiro atoms. The van der Waals surface area contributed by atoms with Crippen molar-refractivity contribution in [3.8, 4) is 0 Å². The zero-order valence-corrected chi connectivity index (χ0v) is 16.9. The highest BCUT2D eigenvalue weighted by atomic mass is 35.5. The molecule has 5 nitrogen and oxygen atoms in total. The van der Waals surface area contributed by atoms with Gasteiger partial charge in [0.15, 0.2) is 5.16 Å². The lowest BCUT2D eigenvalue weighted by Gasteiger charge is -2.12. The lowest BCUT2D eigenvalue weighted by atomic mass is 10.3. The molecule has 9 heteroatoms. The number of hydrogen-bond donors (Lipinski definition) is 1. The van der Waals surface area contributed by atoms with Gasteiger partial charge in [0.05, 0.1) is 22.0 Å². The van der Waals surface area contributed by atoms with Gasteiger partial charge in [0.25, 0.3) is 5.56 Å². The molecule has 1 N–H and O–H groups in total. The molecule has 0 aliphatic rings. The smallest absolute Gasteiger partial charge is 0.272 e. The average Bonchev–Trinajstić information content (AvgIpc) is 3.11. The molecular weight excluding hydrogens is 409 g/mol. The quantitative estimate of drug-likeness (QED) is 0.437. The molecule has 0 saturated carbocycles. The van der Waals surface area contributed by atoms with E-state index >= 15 is 0 Å². The van der Waals surface area contributed by atoms with Gasteiger partial charge in [-0.05, 0) is 36.1 Å². The molecule has 0 aliphatic carbocycles. The molecule has 1 amide bonds. The van der Waals surface area contributed by atoms with Gasteiger partial charge in [-0.2, -0.15) is 0 Å². The van der Waals surface area contributed by atoms with Gasteiger partial charge < -0.3 is 5.32 Å². The molecule has 1 aromatic carbocycles. The standard InChI is InChI=1S/C18H17ClFN3O2S2/c1-2-3-7-23-17(25)16-13(6-8-26-16)22-18(23)27-10-15(24)21-14-9-11(20)4-5-12(14)19/h4-6,8-9H,2-3,7,10H2,1H3,(H,21,24). The van der Waals surface area contributed by atoms with E-state index in [-0.39, 0.29) is 27.9 Å². The first-order valence-corrected chi connectivity index (χ1v) is 10.6. The highest BCUT2D eigenvalue weighted by molar-refractivity contribution is 7.99. The second-order valence-corrected chi connectivity index (χ2v) is 8.07. The van der Waals surface area contributed by atoms with Crippen LogP contribution in [-0.2, 0) is 11.3 Å². The van der Waals surface area contributed by atoms with Gasteiger partial charge in [-0.1, -0.05) is 36.7 Å². The highest BCUT2D eigenvalue weighted by Crippen LogP contribution is 2.24. The molecule has 0 atom stereocenters. The first-order chi connectivity index (χ1) is 13.0. The van der Waals surface area contributed by atoms with Gasteiger partial charge in [0.2, 0.25) is 5.91 Å². The van der Waals surface area contributed by atoms with E-state index < -0.39 is 5.82 Å². The number of carbonyl (C=O) groups is 1. The van der Waals surface area contributed by atoms with E-state index in [0.717, 1.165) is 18.9 Å². The molecule has 2 heterocycles. The van der Waals surface area contributed by atoms with E-state index in [1.165, 1.54) is 35.2 Å². The Kier molecular flexibility index (Phi) is 6.51. The van der Waals surface area contributed by atoms with Crippen LogP contribution in [0.4, 0.5) is 10.1 Å². The summed E-state index contributed by atoms with van der Waals surface area (Å²) < 4.78 is 15.6. The fraction of sp³-hybridized carbons (Fsp3) is 0.278. The van der Waals surface area contributed by atoms with E-state index in [9.17, 15) is 14.0 Å². The summed E-state index contributed by atoms with van der Waals surface area (Å²) in [7, 11) is 0. The Bertz CT molecular complexity index is 1040. The van der Waals surface area contributed by atoms with Crippen LogP contribution < -0.4 is 10.9 Å². The number of halogens is 2. The van der Waals surface area contributed by atoms with Crippen molar-refractivity contribution in [1.82, 2.24) is 9.55 Å². The van der Waals surface area contributed by atoms with Crippen LogP contribution in [0.2, 0.25) is 5.02 Å². The van der Waals surface area contributed by atoms with Crippen molar-refractivity contribution in [2.75, 3.05) is 11.1 Å². The van der Waals surface area contributed by atoms with E-state index in [1.807, 2.05) is 12.3 Å². The third-order valence-corrected chi connectivity index (χ3v) is 6.00. The van der Waals surface area contributed by atoms with Gasteiger partial charge in [-0.15, -0.1) is 11.3 Å². The summed E-state index contributed by atoms with van der Waals surface area (Å²) in [4.78, 5) is 29.5. The normalized spacial score (nSPS) is 11.1. The maximum absolute atomic E-state index is 13.3. The zero-order valence-electron chi connectivity index (χ0n) is 14.5. The summed E-state index contributed by atoms with van der Waals surface area (Å²) in [6.07, 6.45) is 1.79. The monoisotopic (exact) mass is 425 g/mol. The third-order valence-electron chi connectivity index (χ3n) is 3.80. The molecule has 0 bridgehead atoms. The number of unbranched alkanes of at least 4 members (excludes halogenated alkanes) is 1. The minimum atomic E-state index is -0.486. The lowest BCUT2D eigenvalue weighted by molar-refractivity contribution is -0.113. The van der Waals surface area contributed by atoms with Crippen molar-refractivity contribution in [2.24, 2.45) is 0 Å². The van der Waals surface area contributed by atoms with Crippen LogP contribution in [0.5, 0.6) is 0 Å². The number of amides is 1. The van der Waals surface area contributed by atoms with E-state index in [0.29, 0.717) is 21.9 Å². The summed E-state index contributed by atoms with van der Waals surface area (Å²) in [5.41, 5.74) is 0.764. The number of benzene rings is 1. The van der Waals surface area contributed by atoms with Crippen LogP contribution in [0.25, 0.3) is 10.2 Å². The second kappa shape index (κ2) is 8.86. The summed E-state index contributed by atoms with van der Waals surface area (Å²) in [5, 5.41) is 5.17. The SMILES string of the molecule is CCCCn1c(SCC(=O)Nc2cc(F)ccc2Cl)nc2ccsc2c1=O. The maximum atomic E-state index is 13.3.